The van der Waals surface area contributed by atoms with Crippen LogP contribution in [0, 0.1) is 0 Å². The van der Waals surface area contributed by atoms with Crippen molar-refractivity contribution < 1.29 is 19.0 Å². The summed E-state index contributed by atoms with van der Waals surface area (Å²) in [5.41, 5.74) is 1.44. The van der Waals surface area contributed by atoms with Crippen molar-refractivity contribution in [3.05, 3.63) is 52.5 Å². The molecule has 5 heteroatoms. The van der Waals surface area contributed by atoms with E-state index in [4.69, 9.17) is 25.8 Å². The Morgan fingerprint density at radius 3 is 2.59 bits per heavy atom. The third kappa shape index (κ3) is 2.29. The molecule has 0 aliphatic carbocycles. The number of hydrogen-bond donors (Lipinski definition) is 0. The smallest absolute Gasteiger partial charge is 0.170 e. The lowest BCUT2D eigenvalue weighted by Gasteiger charge is -2.27. The van der Waals surface area contributed by atoms with E-state index in [9.17, 15) is 4.79 Å². The number of carbonyl (C=O) groups is 1. The van der Waals surface area contributed by atoms with Gasteiger partial charge in [0.05, 0.1) is 12.0 Å². The summed E-state index contributed by atoms with van der Waals surface area (Å²) in [6.07, 6.45) is -0.0375. The van der Waals surface area contributed by atoms with Crippen LogP contribution in [0.5, 0.6) is 17.2 Å². The maximum Gasteiger partial charge on any atom is 0.170 e. The van der Waals surface area contributed by atoms with Gasteiger partial charge in [0, 0.05) is 5.02 Å². The van der Waals surface area contributed by atoms with Gasteiger partial charge in [-0.25, -0.2) is 0 Å². The first-order valence-corrected chi connectivity index (χ1v) is 7.47. The molecule has 0 N–H and O–H groups in total. The molecule has 0 saturated carbocycles. The number of benzene rings is 2. The van der Waals surface area contributed by atoms with E-state index in [0.29, 0.717) is 35.3 Å². The molecule has 0 radical (unpaired) electrons. The van der Waals surface area contributed by atoms with Gasteiger partial charge in [-0.05, 0) is 35.9 Å². The molecule has 0 saturated heterocycles. The third-order valence-corrected chi connectivity index (χ3v) is 4.06. The maximum atomic E-state index is 12.3. The number of carbonyl (C=O) groups excluding carboxylic acids is 1. The Bertz CT molecular complexity index is 756. The summed E-state index contributed by atoms with van der Waals surface area (Å²) < 4.78 is 17.1. The van der Waals surface area contributed by atoms with Crippen molar-refractivity contribution in [1.29, 1.82) is 0 Å². The minimum Gasteiger partial charge on any atom is -0.486 e. The van der Waals surface area contributed by atoms with Crippen molar-refractivity contribution in [1.82, 2.24) is 0 Å². The average molecular weight is 317 g/mol. The van der Waals surface area contributed by atoms with E-state index in [0.717, 1.165) is 11.3 Å². The van der Waals surface area contributed by atoms with Crippen molar-refractivity contribution in [2.45, 2.75) is 12.5 Å². The van der Waals surface area contributed by atoms with E-state index in [2.05, 4.69) is 0 Å². The lowest BCUT2D eigenvalue weighted by atomic mass is 9.96. The van der Waals surface area contributed by atoms with Crippen molar-refractivity contribution in [3.8, 4) is 17.2 Å². The molecule has 2 aliphatic heterocycles. The fourth-order valence-corrected chi connectivity index (χ4v) is 2.91. The van der Waals surface area contributed by atoms with Gasteiger partial charge in [-0.3, -0.25) is 4.79 Å². The molecule has 0 spiro atoms. The summed E-state index contributed by atoms with van der Waals surface area (Å²) in [4.78, 5) is 12.3. The highest BCUT2D eigenvalue weighted by molar-refractivity contribution is 6.31. The Balaban J connectivity index is 1.67. The van der Waals surface area contributed by atoms with E-state index in [1.807, 2.05) is 18.2 Å². The van der Waals surface area contributed by atoms with Gasteiger partial charge < -0.3 is 14.2 Å². The number of Topliss-reactive ketones (excluding diaryl/α,β-unsaturated/α-hetero) is 1. The molecule has 1 atom stereocenters. The molecule has 2 aromatic carbocycles. The second-order valence-electron chi connectivity index (χ2n) is 5.28. The third-order valence-electron chi connectivity index (χ3n) is 3.82. The highest BCUT2D eigenvalue weighted by atomic mass is 35.5. The van der Waals surface area contributed by atoms with E-state index in [1.54, 1.807) is 18.2 Å². The van der Waals surface area contributed by atoms with Gasteiger partial charge in [0.1, 0.15) is 25.1 Å². The second-order valence-corrected chi connectivity index (χ2v) is 5.71. The van der Waals surface area contributed by atoms with Crippen molar-refractivity contribution >= 4 is 17.4 Å². The van der Waals surface area contributed by atoms with Crippen LogP contribution in [0.2, 0.25) is 5.02 Å². The molecule has 22 heavy (non-hydrogen) atoms. The predicted octanol–water partition coefficient (Wildman–Crippen LogP) is 3.82. The number of hydrogen-bond acceptors (Lipinski definition) is 4. The first kappa shape index (κ1) is 13.5. The topological polar surface area (TPSA) is 44.8 Å². The Morgan fingerprint density at radius 1 is 0.955 bits per heavy atom. The fourth-order valence-electron chi connectivity index (χ4n) is 2.74. The second kappa shape index (κ2) is 5.21. The van der Waals surface area contributed by atoms with Crippen LogP contribution in [0.3, 0.4) is 0 Å². The predicted molar refractivity (Wildman–Crippen MR) is 81.2 cm³/mol. The summed E-state index contributed by atoms with van der Waals surface area (Å²) in [6.45, 7) is 1.08. The summed E-state index contributed by atoms with van der Waals surface area (Å²) in [7, 11) is 0. The Kier molecular flexibility index (Phi) is 3.19. The number of ketones is 1. The number of fused-ring (bicyclic) bond motifs is 2. The normalized spacial score (nSPS) is 19.3. The molecule has 0 bridgehead atoms. The van der Waals surface area contributed by atoms with E-state index in [1.165, 1.54) is 0 Å². The summed E-state index contributed by atoms with van der Waals surface area (Å²) in [5, 5.41) is 0.536. The first-order chi connectivity index (χ1) is 10.7. The van der Waals surface area contributed by atoms with Gasteiger partial charge in [0.15, 0.2) is 17.3 Å². The molecule has 4 nitrogen and oxygen atoms in total. The maximum absolute atomic E-state index is 12.3. The molecule has 0 aromatic heterocycles. The summed E-state index contributed by atoms with van der Waals surface area (Å²) in [5.74, 6) is 2.02. The van der Waals surface area contributed by atoms with Crippen molar-refractivity contribution in [2.24, 2.45) is 0 Å². The highest BCUT2D eigenvalue weighted by Crippen LogP contribution is 2.39. The molecule has 0 amide bonds. The molecular formula is C17H13ClO4. The monoisotopic (exact) mass is 316 g/mol. The zero-order valence-corrected chi connectivity index (χ0v) is 12.4. The Hall–Kier alpha value is -2.20. The summed E-state index contributed by atoms with van der Waals surface area (Å²) in [6, 6.07) is 10.8. The van der Waals surface area contributed by atoms with Crippen LogP contribution >= 0.6 is 11.6 Å². The van der Waals surface area contributed by atoms with Crippen LogP contribution < -0.4 is 14.2 Å². The molecular weight excluding hydrogens is 304 g/mol. The molecule has 4 rings (SSSR count). The zero-order valence-electron chi connectivity index (χ0n) is 11.7. The summed E-state index contributed by atoms with van der Waals surface area (Å²) >= 11 is 5.94. The van der Waals surface area contributed by atoms with Crippen LogP contribution in [-0.4, -0.2) is 19.0 Å². The van der Waals surface area contributed by atoms with Gasteiger partial charge >= 0.3 is 0 Å². The van der Waals surface area contributed by atoms with Gasteiger partial charge in [-0.2, -0.15) is 0 Å². The van der Waals surface area contributed by atoms with Crippen LogP contribution in [0.25, 0.3) is 0 Å². The lowest BCUT2D eigenvalue weighted by Crippen LogP contribution is -2.21. The molecule has 112 valence electrons. The molecule has 2 heterocycles. The number of rotatable bonds is 1. The van der Waals surface area contributed by atoms with Crippen LogP contribution in [0.15, 0.2) is 36.4 Å². The Morgan fingerprint density at radius 2 is 1.73 bits per heavy atom. The number of ether oxygens (including phenoxy) is 3. The van der Waals surface area contributed by atoms with Crippen LogP contribution in [0.4, 0.5) is 0 Å². The van der Waals surface area contributed by atoms with Crippen molar-refractivity contribution in [3.63, 3.8) is 0 Å². The average Bonchev–Trinajstić information content (AvgIpc) is 2.55. The zero-order chi connectivity index (χ0) is 15.1. The highest BCUT2D eigenvalue weighted by Gasteiger charge is 2.28. The molecule has 1 unspecified atom stereocenters. The SMILES string of the molecule is O=C1CC(c2ccc3c(c2)OCCO3)Oc2ccc(Cl)cc21. The lowest BCUT2D eigenvalue weighted by molar-refractivity contribution is 0.0849. The molecule has 0 fully saturated rings. The number of halogens is 1. The van der Waals surface area contributed by atoms with E-state index in [-0.39, 0.29) is 18.3 Å². The van der Waals surface area contributed by atoms with E-state index < -0.39 is 0 Å². The minimum atomic E-state index is -0.322. The van der Waals surface area contributed by atoms with Gasteiger partial charge in [-0.15, -0.1) is 0 Å². The minimum absolute atomic E-state index is 0.0311. The quantitative estimate of drug-likeness (QED) is 0.802. The largest absolute Gasteiger partial charge is 0.486 e. The van der Waals surface area contributed by atoms with Crippen molar-refractivity contribution in [2.75, 3.05) is 13.2 Å². The van der Waals surface area contributed by atoms with Gasteiger partial charge in [0.25, 0.3) is 0 Å². The first-order valence-electron chi connectivity index (χ1n) is 7.10. The van der Waals surface area contributed by atoms with Crippen LogP contribution in [-0.2, 0) is 0 Å². The molecule has 2 aromatic rings. The van der Waals surface area contributed by atoms with Crippen LogP contribution in [0.1, 0.15) is 28.4 Å². The molecule has 2 aliphatic rings. The van der Waals surface area contributed by atoms with E-state index >= 15 is 0 Å². The van der Waals surface area contributed by atoms with Gasteiger partial charge in [0.2, 0.25) is 0 Å². The Labute approximate surface area is 132 Å². The fraction of sp³-hybridized carbons (Fsp3) is 0.235. The standard InChI is InChI=1S/C17H13ClO4/c18-11-2-4-14-12(8-11)13(19)9-16(22-14)10-1-3-15-17(7-10)21-6-5-20-15/h1-4,7-8,16H,5-6,9H2. The van der Waals surface area contributed by atoms with Gasteiger partial charge in [-0.1, -0.05) is 17.7 Å².